The maximum atomic E-state index is 13.2. The lowest BCUT2D eigenvalue weighted by molar-refractivity contribution is -0.384. The van der Waals surface area contributed by atoms with Crippen LogP contribution in [0.3, 0.4) is 0 Å². The Morgan fingerprint density at radius 1 is 1.11 bits per heavy atom. The number of esters is 1. The maximum absolute atomic E-state index is 13.2. The third-order valence-electron chi connectivity index (χ3n) is 6.42. The Hall–Kier alpha value is -3.25. The summed E-state index contributed by atoms with van der Waals surface area (Å²) in [7, 11) is 0. The summed E-state index contributed by atoms with van der Waals surface area (Å²) in [5, 5.41) is 10.6. The number of fused-ring (bicyclic) bond motifs is 2. The first-order valence-electron chi connectivity index (χ1n) is 10.6. The number of carbonyl (C=O) groups excluding carboxylic acids is 4. The highest BCUT2D eigenvalue weighted by Crippen LogP contribution is 2.54. The van der Waals surface area contributed by atoms with Gasteiger partial charge in [0.2, 0.25) is 0 Å². The van der Waals surface area contributed by atoms with Crippen LogP contribution in [0.2, 0.25) is 0 Å². The van der Waals surface area contributed by atoms with E-state index in [1.165, 1.54) is 40.9 Å². The van der Waals surface area contributed by atoms with Crippen LogP contribution in [0.15, 0.2) is 48.5 Å². The van der Waals surface area contributed by atoms with Crippen LogP contribution >= 0.6 is 27.7 Å². The Labute approximate surface area is 211 Å². The number of amides is 3. The van der Waals surface area contributed by atoms with E-state index in [0.717, 1.165) is 4.90 Å². The maximum Gasteiger partial charge on any atom is 0.330 e. The Morgan fingerprint density at radius 3 is 2.26 bits per heavy atom. The summed E-state index contributed by atoms with van der Waals surface area (Å²) in [5.41, 5.74) is 1.00. The van der Waals surface area contributed by atoms with Crippen molar-refractivity contribution in [3.8, 4) is 0 Å². The first kappa shape index (κ1) is 23.5. The smallest absolute Gasteiger partial charge is 0.330 e. The summed E-state index contributed by atoms with van der Waals surface area (Å²) < 4.78 is 4.72. The van der Waals surface area contributed by atoms with Crippen molar-refractivity contribution in [1.29, 1.82) is 0 Å². The lowest BCUT2D eigenvalue weighted by Gasteiger charge is -2.46. The minimum atomic E-state index is -1.00. The van der Waals surface area contributed by atoms with Crippen LogP contribution < -0.4 is 0 Å². The predicted octanol–water partition coefficient (Wildman–Crippen LogP) is 2.74. The second kappa shape index (κ2) is 8.45. The highest BCUT2D eigenvalue weighted by atomic mass is 79.9. The fraction of sp³-hybridized carbons (Fsp3) is 0.304. The molecule has 0 aromatic heterocycles. The second-order valence-corrected chi connectivity index (χ2v) is 10.8. The normalized spacial score (nSPS) is 26.9. The third kappa shape index (κ3) is 3.54. The summed E-state index contributed by atoms with van der Waals surface area (Å²) >= 11 is 4.78. The van der Waals surface area contributed by atoms with Gasteiger partial charge in [-0.25, -0.2) is 4.79 Å². The van der Waals surface area contributed by atoms with E-state index in [0.29, 0.717) is 10.9 Å². The van der Waals surface area contributed by atoms with Crippen LogP contribution in [-0.2, 0) is 20.9 Å². The molecule has 2 aromatic rings. The minimum Gasteiger partial charge on any atom is -0.459 e. The summed E-state index contributed by atoms with van der Waals surface area (Å²) in [4.78, 5) is 64.9. The molecule has 3 heterocycles. The number of carbonyl (C=O) groups is 4. The Balaban J connectivity index is 1.34. The summed E-state index contributed by atoms with van der Waals surface area (Å²) in [5.74, 6) is -2.16. The number of nitro groups is 1. The molecule has 12 heteroatoms. The number of benzene rings is 2. The molecule has 0 saturated carbocycles. The number of nitrogens with zero attached hydrogens (tertiary/aromatic N) is 3. The zero-order chi connectivity index (χ0) is 25.1. The van der Waals surface area contributed by atoms with E-state index < -0.39 is 50.8 Å². The number of halogens is 1. The fourth-order valence-electron chi connectivity index (χ4n) is 4.61. The van der Waals surface area contributed by atoms with Crippen LogP contribution in [0.4, 0.5) is 5.69 Å². The highest BCUT2D eigenvalue weighted by Gasteiger charge is 2.68. The second-order valence-electron chi connectivity index (χ2n) is 8.60. The molecule has 3 aliphatic heterocycles. The van der Waals surface area contributed by atoms with Crippen molar-refractivity contribution in [2.24, 2.45) is 0 Å². The van der Waals surface area contributed by atoms with Crippen LogP contribution in [0.1, 0.15) is 33.2 Å². The molecule has 0 bridgehead atoms. The molecule has 4 atom stereocenters. The number of imide groups is 1. The van der Waals surface area contributed by atoms with Gasteiger partial charge in [0.15, 0.2) is 0 Å². The van der Waals surface area contributed by atoms with E-state index in [1.807, 2.05) is 6.92 Å². The monoisotopic (exact) mass is 559 g/mol. The first-order chi connectivity index (χ1) is 16.7. The van der Waals surface area contributed by atoms with Gasteiger partial charge in [-0.2, -0.15) is 0 Å². The van der Waals surface area contributed by atoms with Crippen LogP contribution in [-0.4, -0.2) is 65.9 Å². The number of hydrogen-bond acceptors (Lipinski definition) is 8. The van der Waals surface area contributed by atoms with Gasteiger partial charge in [0.1, 0.15) is 24.1 Å². The summed E-state index contributed by atoms with van der Waals surface area (Å²) in [6, 6.07) is 10.1. The molecule has 10 nitrogen and oxygen atoms in total. The highest BCUT2D eigenvalue weighted by molar-refractivity contribution is 9.09. The average molecular weight is 560 g/mol. The largest absolute Gasteiger partial charge is 0.459 e. The van der Waals surface area contributed by atoms with E-state index in [1.54, 1.807) is 24.3 Å². The molecule has 5 rings (SSSR count). The Kier molecular flexibility index (Phi) is 5.67. The number of non-ortho nitro benzene ring substituents is 1. The van der Waals surface area contributed by atoms with E-state index in [-0.39, 0.29) is 23.4 Å². The third-order valence-corrected chi connectivity index (χ3v) is 9.59. The molecule has 3 aliphatic rings. The van der Waals surface area contributed by atoms with Crippen molar-refractivity contribution in [2.75, 3.05) is 5.33 Å². The minimum absolute atomic E-state index is 0.0765. The summed E-state index contributed by atoms with van der Waals surface area (Å²) in [6.45, 7) is 1.69. The molecule has 0 aliphatic carbocycles. The van der Waals surface area contributed by atoms with Gasteiger partial charge in [0.25, 0.3) is 23.4 Å². The topological polar surface area (TPSA) is 127 Å². The molecule has 3 amide bonds. The zero-order valence-electron chi connectivity index (χ0n) is 18.3. The van der Waals surface area contributed by atoms with Crippen LogP contribution in [0, 0.1) is 10.1 Å². The molecule has 2 unspecified atom stereocenters. The molecule has 0 N–H and O–H groups in total. The van der Waals surface area contributed by atoms with Crippen molar-refractivity contribution in [1.82, 2.24) is 9.80 Å². The van der Waals surface area contributed by atoms with Gasteiger partial charge in [0, 0.05) is 17.5 Å². The molecular formula is C23H18BrN3O7S. The van der Waals surface area contributed by atoms with Crippen molar-refractivity contribution in [3.63, 3.8) is 0 Å². The summed E-state index contributed by atoms with van der Waals surface area (Å²) in [6.07, 6.45) is 0. The Morgan fingerprint density at radius 2 is 1.71 bits per heavy atom. The van der Waals surface area contributed by atoms with E-state index >= 15 is 0 Å². The first-order valence-corrected chi connectivity index (χ1v) is 12.6. The number of rotatable bonds is 6. The van der Waals surface area contributed by atoms with Gasteiger partial charge in [-0.3, -0.25) is 29.4 Å². The lowest BCUT2D eigenvalue weighted by atomic mass is 9.95. The van der Waals surface area contributed by atoms with Gasteiger partial charge < -0.3 is 9.64 Å². The average Bonchev–Trinajstić information content (AvgIpc) is 3.27. The molecule has 0 radical (unpaired) electrons. The van der Waals surface area contributed by atoms with Gasteiger partial charge in [-0.1, -0.05) is 28.1 Å². The SMILES string of the molecule is C[C@@]1(CBr)S[C@H]2C(N3C(=O)c4ccccc4C3=O)C(=O)N2C1C(=O)OCc1ccc([N+](=O)[O-])cc1. The Bertz CT molecular complexity index is 1250. The lowest BCUT2D eigenvalue weighted by Crippen LogP contribution is -2.71. The van der Waals surface area contributed by atoms with Crippen LogP contribution in [0.25, 0.3) is 0 Å². The van der Waals surface area contributed by atoms with Crippen LogP contribution in [0.5, 0.6) is 0 Å². The number of thioether (sulfide) groups is 1. The zero-order valence-corrected chi connectivity index (χ0v) is 20.7. The van der Waals surface area contributed by atoms with E-state index in [2.05, 4.69) is 15.9 Å². The molecule has 2 fully saturated rings. The molecule has 2 saturated heterocycles. The van der Waals surface area contributed by atoms with E-state index in [4.69, 9.17) is 4.74 Å². The standard InChI is InChI=1S/C23H18BrN3O7S/c1-23(11-24)17(22(31)34-10-12-6-8-13(9-7-12)27(32)33)26-20(30)16(21(26)35-23)25-18(28)14-4-2-3-5-15(14)19(25)29/h2-9,16-17,21H,10-11H2,1H3/t16?,17?,21-,23-/m0/s1. The number of β-lactam (4-membered cyclic amide) rings is 1. The molecule has 180 valence electrons. The molecule has 2 aromatic carbocycles. The van der Waals surface area contributed by atoms with Crippen molar-refractivity contribution in [2.45, 2.75) is 35.7 Å². The number of ether oxygens (including phenoxy) is 1. The number of hydrogen-bond donors (Lipinski definition) is 0. The van der Waals surface area contributed by atoms with Gasteiger partial charge in [-0.05, 0) is 36.8 Å². The fourth-order valence-corrected chi connectivity index (χ4v) is 6.98. The van der Waals surface area contributed by atoms with Crippen molar-refractivity contribution < 1.29 is 28.8 Å². The molecule has 0 spiro atoms. The predicted molar refractivity (Wildman–Crippen MR) is 128 cm³/mol. The van der Waals surface area contributed by atoms with Gasteiger partial charge >= 0.3 is 5.97 Å². The quantitative estimate of drug-likeness (QED) is 0.132. The van der Waals surface area contributed by atoms with Gasteiger partial charge in [-0.15, -0.1) is 11.8 Å². The van der Waals surface area contributed by atoms with E-state index in [9.17, 15) is 29.3 Å². The van der Waals surface area contributed by atoms with Crippen molar-refractivity contribution >= 4 is 57.1 Å². The molecule has 35 heavy (non-hydrogen) atoms. The number of nitro benzene ring substituents is 1. The van der Waals surface area contributed by atoms with Crippen molar-refractivity contribution in [3.05, 3.63) is 75.3 Å². The van der Waals surface area contributed by atoms with Gasteiger partial charge in [0.05, 0.1) is 20.8 Å². The molecular weight excluding hydrogens is 542 g/mol. The number of alkyl halides is 1.